The Bertz CT molecular complexity index is 1250. The zero-order valence-electron chi connectivity index (χ0n) is 20.1. The van der Waals surface area contributed by atoms with Gasteiger partial charge in [-0.15, -0.1) is 0 Å². The Kier molecular flexibility index (Phi) is 6.16. The van der Waals surface area contributed by atoms with Crippen LogP contribution in [0.4, 0.5) is 5.69 Å². The van der Waals surface area contributed by atoms with Crippen molar-refractivity contribution in [1.29, 1.82) is 5.26 Å². The number of aromatic nitrogens is 2. The standard InChI is InChI=1S/C27H32N4O2/c1-6-27(3,4)19-7-10-21(11-8-19)33-24-13-14-31(17-18(24)2)23-15-25(32)30(5)22-12-9-20(16-28)29-26(22)23/h7-12,15,18,24H,6,13-14,17H2,1-5H3/t18?,24-/m0/s1. The van der Waals surface area contributed by atoms with Gasteiger partial charge in [-0.2, -0.15) is 5.26 Å². The molecule has 6 heteroatoms. The molecule has 2 atom stereocenters. The van der Waals surface area contributed by atoms with E-state index in [1.165, 1.54) is 5.56 Å². The van der Waals surface area contributed by atoms with E-state index in [2.05, 4.69) is 67.9 Å². The van der Waals surface area contributed by atoms with E-state index < -0.39 is 0 Å². The SMILES string of the molecule is CCC(C)(C)c1ccc(O[C@H]2CCN(c3cc(=O)n(C)c4ccc(C#N)nc34)CC2C)cc1. The Hall–Kier alpha value is -3.33. The van der Waals surface area contributed by atoms with Gasteiger partial charge < -0.3 is 14.2 Å². The number of hydrogen-bond donors (Lipinski definition) is 0. The van der Waals surface area contributed by atoms with Crippen molar-refractivity contribution >= 4 is 16.7 Å². The smallest absolute Gasteiger partial charge is 0.252 e. The van der Waals surface area contributed by atoms with Crippen LogP contribution in [0.5, 0.6) is 5.75 Å². The first-order chi connectivity index (χ1) is 15.7. The lowest BCUT2D eigenvalue weighted by atomic mass is 9.82. The number of nitriles is 1. The van der Waals surface area contributed by atoms with Crippen LogP contribution in [0.15, 0.2) is 47.3 Å². The summed E-state index contributed by atoms with van der Waals surface area (Å²) in [4.78, 5) is 19.3. The molecule has 1 aromatic carbocycles. The summed E-state index contributed by atoms with van der Waals surface area (Å²) in [5.41, 5.74) is 3.97. The van der Waals surface area contributed by atoms with Gasteiger partial charge in [0.1, 0.15) is 29.1 Å². The van der Waals surface area contributed by atoms with Gasteiger partial charge in [0.25, 0.3) is 5.56 Å². The number of fused-ring (bicyclic) bond motifs is 1. The fourth-order valence-electron chi connectivity index (χ4n) is 4.50. The van der Waals surface area contributed by atoms with E-state index in [-0.39, 0.29) is 23.0 Å². The largest absolute Gasteiger partial charge is 0.490 e. The van der Waals surface area contributed by atoms with Crippen LogP contribution in [0.3, 0.4) is 0 Å². The van der Waals surface area contributed by atoms with Gasteiger partial charge in [0.15, 0.2) is 0 Å². The molecule has 172 valence electrons. The minimum atomic E-state index is -0.0786. The number of hydrogen-bond acceptors (Lipinski definition) is 5. The molecule has 6 nitrogen and oxygen atoms in total. The molecule has 0 aliphatic carbocycles. The predicted molar refractivity (Wildman–Crippen MR) is 132 cm³/mol. The van der Waals surface area contributed by atoms with Gasteiger partial charge in [0.2, 0.25) is 0 Å². The van der Waals surface area contributed by atoms with Crippen molar-refractivity contribution in [3.05, 3.63) is 64.1 Å². The zero-order valence-corrected chi connectivity index (χ0v) is 20.1. The normalized spacial score (nSPS) is 18.8. The van der Waals surface area contributed by atoms with Crippen LogP contribution >= 0.6 is 0 Å². The molecule has 0 N–H and O–H groups in total. The highest BCUT2D eigenvalue weighted by molar-refractivity contribution is 5.88. The van der Waals surface area contributed by atoms with E-state index in [0.717, 1.165) is 42.9 Å². The Morgan fingerprint density at radius 1 is 1.21 bits per heavy atom. The lowest BCUT2D eigenvalue weighted by molar-refractivity contribution is 0.121. The van der Waals surface area contributed by atoms with Gasteiger partial charge in [-0.1, -0.05) is 39.8 Å². The predicted octanol–water partition coefficient (Wildman–Crippen LogP) is 4.79. The second-order valence-electron chi connectivity index (χ2n) is 9.73. The third kappa shape index (κ3) is 4.45. The van der Waals surface area contributed by atoms with Crippen LogP contribution in [0.2, 0.25) is 0 Å². The summed E-state index contributed by atoms with van der Waals surface area (Å²) < 4.78 is 7.95. The number of aryl methyl sites for hydroxylation is 1. The second kappa shape index (κ2) is 8.90. The van der Waals surface area contributed by atoms with Crippen LogP contribution in [-0.2, 0) is 12.5 Å². The van der Waals surface area contributed by atoms with Crippen LogP contribution in [0, 0.1) is 17.2 Å². The summed E-state index contributed by atoms with van der Waals surface area (Å²) in [6, 6.07) is 15.7. The molecule has 2 aromatic heterocycles. The number of benzene rings is 1. The monoisotopic (exact) mass is 444 g/mol. The van der Waals surface area contributed by atoms with Crippen LogP contribution in [0.1, 0.15) is 51.8 Å². The quantitative estimate of drug-likeness (QED) is 0.566. The highest BCUT2D eigenvalue weighted by Crippen LogP contribution is 2.32. The van der Waals surface area contributed by atoms with Crippen LogP contribution in [-0.4, -0.2) is 28.7 Å². The molecule has 1 saturated heterocycles. The lowest BCUT2D eigenvalue weighted by Crippen LogP contribution is -2.45. The molecule has 0 bridgehead atoms. The fourth-order valence-corrected chi connectivity index (χ4v) is 4.50. The van der Waals surface area contributed by atoms with Gasteiger partial charge in [0.05, 0.1) is 11.2 Å². The molecule has 1 unspecified atom stereocenters. The number of ether oxygens (including phenoxy) is 1. The fraction of sp³-hybridized carbons (Fsp3) is 0.444. The molecule has 0 saturated carbocycles. The van der Waals surface area contributed by atoms with Crippen LogP contribution < -0.4 is 15.2 Å². The summed E-state index contributed by atoms with van der Waals surface area (Å²) in [6.45, 7) is 10.4. The molecular weight excluding hydrogens is 412 g/mol. The maximum Gasteiger partial charge on any atom is 0.252 e. The first-order valence-electron chi connectivity index (χ1n) is 11.7. The average molecular weight is 445 g/mol. The van der Waals surface area contributed by atoms with Gasteiger partial charge in [0, 0.05) is 38.5 Å². The molecule has 1 fully saturated rings. The van der Waals surface area contributed by atoms with Gasteiger partial charge in [-0.05, 0) is 41.7 Å². The van der Waals surface area contributed by atoms with E-state index >= 15 is 0 Å². The molecule has 3 heterocycles. The van der Waals surface area contributed by atoms with Crippen molar-refractivity contribution in [2.75, 3.05) is 18.0 Å². The molecule has 1 aliphatic rings. The first kappa shape index (κ1) is 22.8. The van der Waals surface area contributed by atoms with Crippen molar-refractivity contribution < 1.29 is 4.74 Å². The highest BCUT2D eigenvalue weighted by atomic mass is 16.5. The van der Waals surface area contributed by atoms with E-state index in [9.17, 15) is 10.1 Å². The molecule has 3 aromatic rings. The van der Waals surface area contributed by atoms with Gasteiger partial charge >= 0.3 is 0 Å². The molecule has 33 heavy (non-hydrogen) atoms. The Balaban J connectivity index is 1.53. The van der Waals surface area contributed by atoms with Gasteiger partial charge in [-0.25, -0.2) is 4.98 Å². The lowest BCUT2D eigenvalue weighted by Gasteiger charge is -2.38. The molecule has 0 radical (unpaired) electrons. The van der Waals surface area contributed by atoms with E-state index in [4.69, 9.17) is 4.74 Å². The van der Waals surface area contributed by atoms with Crippen molar-refractivity contribution in [1.82, 2.24) is 9.55 Å². The topological polar surface area (TPSA) is 71.2 Å². The summed E-state index contributed by atoms with van der Waals surface area (Å²) in [6.07, 6.45) is 2.04. The van der Waals surface area contributed by atoms with E-state index in [0.29, 0.717) is 11.2 Å². The van der Waals surface area contributed by atoms with E-state index in [1.54, 1.807) is 29.8 Å². The van der Waals surface area contributed by atoms with Crippen molar-refractivity contribution in [3.8, 4) is 11.8 Å². The van der Waals surface area contributed by atoms with Crippen molar-refractivity contribution in [2.24, 2.45) is 13.0 Å². The maximum absolute atomic E-state index is 12.6. The highest BCUT2D eigenvalue weighted by Gasteiger charge is 2.29. The average Bonchev–Trinajstić information content (AvgIpc) is 2.82. The third-order valence-corrected chi connectivity index (χ3v) is 7.16. The first-order valence-corrected chi connectivity index (χ1v) is 11.7. The van der Waals surface area contributed by atoms with Gasteiger partial charge in [-0.3, -0.25) is 4.79 Å². The molecule has 0 amide bonds. The summed E-state index contributed by atoms with van der Waals surface area (Å²) in [7, 11) is 1.73. The second-order valence-corrected chi connectivity index (χ2v) is 9.73. The molecule has 4 rings (SSSR count). The third-order valence-electron chi connectivity index (χ3n) is 7.16. The number of piperidine rings is 1. The van der Waals surface area contributed by atoms with Crippen LogP contribution in [0.25, 0.3) is 11.0 Å². The number of anilines is 1. The zero-order chi connectivity index (χ0) is 23.8. The summed E-state index contributed by atoms with van der Waals surface area (Å²) in [5.74, 6) is 1.17. The number of pyridine rings is 2. The van der Waals surface area contributed by atoms with E-state index in [1.807, 2.05) is 0 Å². The molecular formula is C27H32N4O2. The van der Waals surface area contributed by atoms with Crippen molar-refractivity contribution in [3.63, 3.8) is 0 Å². The number of rotatable bonds is 5. The number of nitrogens with zero attached hydrogens (tertiary/aromatic N) is 4. The maximum atomic E-state index is 12.6. The molecule has 0 spiro atoms. The Morgan fingerprint density at radius 2 is 1.94 bits per heavy atom. The Labute approximate surface area is 195 Å². The summed E-state index contributed by atoms with van der Waals surface area (Å²) in [5, 5.41) is 9.30. The minimum Gasteiger partial charge on any atom is -0.490 e. The molecule has 1 aliphatic heterocycles. The van der Waals surface area contributed by atoms with Crippen molar-refractivity contribution in [2.45, 2.75) is 52.1 Å². The Morgan fingerprint density at radius 3 is 2.58 bits per heavy atom. The summed E-state index contributed by atoms with van der Waals surface area (Å²) >= 11 is 0. The minimum absolute atomic E-state index is 0.0786.